The molecule has 3 nitrogen and oxygen atoms in total. The number of rotatable bonds is 9. The fraction of sp³-hybridized carbons (Fsp3) is 0.611. The molecule has 0 saturated carbocycles. The molecular weight excluding hydrogens is 258 g/mol. The maximum absolute atomic E-state index is 4.82. The summed E-state index contributed by atoms with van der Waals surface area (Å²) < 4.78 is 2.40. The van der Waals surface area contributed by atoms with Gasteiger partial charge in [-0.1, -0.05) is 32.9 Å². The predicted molar refractivity (Wildman–Crippen MR) is 90.7 cm³/mol. The number of fused-ring (bicyclic) bond motifs is 1. The summed E-state index contributed by atoms with van der Waals surface area (Å²) in [5, 5.41) is 3.51. The third kappa shape index (κ3) is 4.57. The van der Waals surface area contributed by atoms with Crippen LogP contribution in [0.25, 0.3) is 11.0 Å². The topological polar surface area (TPSA) is 29.9 Å². The van der Waals surface area contributed by atoms with Crippen LogP contribution in [0.5, 0.6) is 0 Å². The molecule has 0 bridgehead atoms. The molecule has 0 radical (unpaired) electrons. The molecule has 0 spiro atoms. The van der Waals surface area contributed by atoms with Crippen molar-refractivity contribution in [3.05, 3.63) is 30.1 Å². The van der Waals surface area contributed by atoms with E-state index < -0.39 is 0 Å². The zero-order valence-electron chi connectivity index (χ0n) is 13.7. The van der Waals surface area contributed by atoms with Gasteiger partial charge in [0.15, 0.2) is 0 Å². The lowest BCUT2D eigenvalue weighted by Crippen LogP contribution is -2.20. The van der Waals surface area contributed by atoms with Gasteiger partial charge in [0.25, 0.3) is 0 Å². The lowest BCUT2D eigenvalue weighted by atomic mass is 10.2. The van der Waals surface area contributed by atoms with Crippen LogP contribution in [-0.4, -0.2) is 22.6 Å². The van der Waals surface area contributed by atoms with Gasteiger partial charge in [0.1, 0.15) is 5.82 Å². The molecule has 0 amide bonds. The highest BCUT2D eigenvalue weighted by Crippen LogP contribution is 2.18. The Balaban J connectivity index is 1.90. The predicted octanol–water partition coefficient (Wildman–Crippen LogP) is 4.01. The Labute approximate surface area is 128 Å². The third-order valence-electron chi connectivity index (χ3n) is 3.74. The van der Waals surface area contributed by atoms with Gasteiger partial charge in [0.2, 0.25) is 0 Å². The molecule has 0 fully saturated rings. The molecule has 1 N–H and O–H groups in total. The molecular formula is C18H29N3. The third-order valence-corrected chi connectivity index (χ3v) is 3.74. The molecule has 116 valence electrons. The summed E-state index contributed by atoms with van der Waals surface area (Å²) in [6.07, 6.45) is 4.67. The van der Waals surface area contributed by atoms with Gasteiger partial charge >= 0.3 is 0 Å². The summed E-state index contributed by atoms with van der Waals surface area (Å²) in [6, 6.07) is 8.49. The standard InChI is InChI=1S/C18H29N3/c1-4-13-21-17-10-6-5-9-16(17)20-18(21)11-7-8-12-19-14-15(2)3/h5-6,9-10,15,19H,4,7-8,11-14H2,1-3H3. The molecule has 0 aliphatic rings. The first-order chi connectivity index (χ1) is 10.2. The van der Waals surface area contributed by atoms with Gasteiger partial charge in [-0.25, -0.2) is 4.98 Å². The van der Waals surface area contributed by atoms with E-state index in [0.717, 1.165) is 43.9 Å². The second kappa shape index (κ2) is 8.18. The number of hydrogen-bond donors (Lipinski definition) is 1. The fourth-order valence-electron chi connectivity index (χ4n) is 2.71. The summed E-state index contributed by atoms with van der Waals surface area (Å²) in [6.45, 7) is 10.0. The Morgan fingerprint density at radius 1 is 1.19 bits per heavy atom. The number of nitrogens with zero attached hydrogens (tertiary/aromatic N) is 2. The molecule has 2 rings (SSSR count). The van der Waals surface area contributed by atoms with E-state index in [1.165, 1.54) is 24.2 Å². The molecule has 0 atom stereocenters. The molecule has 0 aliphatic carbocycles. The van der Waals surface area contributed by atoms with E-state index in [-0.39, 0.29) is 0 Å². The number of hydrogen-bond acceptors (Lipinski definition) is 2. The van der Waals surface area contributed by atoms with E-state index in [9.17, 15) is 0 Å². The zero-order chi connectivity index (χ0) is 15.1. The number of aromatic nitrogens is 2. The van der Waals surface area contributed by atoms with Crippen molar-refractivity contribution in [3.63, 3.8) is 0 Å². The highest BCUT2D eigenvalue weighted by Gasteiger charge is 2.09. The maximum Gasteiger partial charge on any atom is 0.109 e. The number of benzene rings is 1. The van der Waals surface area contributed by atoms with Gasteiger partial charge in [-0.2, -0.15) is 0 Å². The Hall–Kier alpha value is -1.35. The number of para-hydroxylation sites is 2. The van der Waals surface area contributed by atoms with E-state index in [1.54, 1.807) is 0 Å². The van der Waals surface area contributed by atoms with Crippen molar-refractivity contribution >= 4 is 11.0 Å². The Morgan fingerprint density at radius 2 is 2.00 bits per heavy atom. The van der Waals surface area contributed by atoms with Crippen molar-refractivity contribution in [2.45, 2.75) is 53.0 Å². The van der Waals surface area contributed by atoms with E-state index >= 15 is 0 Å². The second-order valence-corrected chi connectivity index (χ2v) is 6.22. The first-order valence-electron chi connectivity index (χ1n) is 8.37. The van der Waals surface area contributed by atoms with Crippen molar-refractivity contribution in [1.82, 2.24) is 14.9 Å². The van der Waals surface area contributed by atoms with Crippen LogP contribution in [0.2, 0.25) is 0 Å². The highest BCUT2D eigenvalue weighted by molar-refractivity contribution is 5.75. The molecule has 0 aliphatic heterocycles. The summed E-state index contributed by atoms with van der Waals surface area (Å²) >= 11 is 0. The maximum atomic E-state index is 4.82. The number of imidazole rings is 1. The summed E-state index contributed by atoms with van der Waals surface area (Å²) in [5.74, 6) is 1.99. The van der Waals surface area contributed by atoms with E-state index in [0.29, 0.717) is 0 Å². The normalized spacial score (nSPS) is 11.6. The molecule has 0 saturated heterocycles. The molecule has 1 aromatic heterocycles. The minimum atomic E-state index is 0.735. The summed E-state index contributed by atoms with van der Waals surface area (Å²) in [5.41, 5.74) is 2.42. The first kappa shape index (κ1) is 16.0. The van der Waals surface area contributed by atoms with Crippen LogP contribution in [0.4, 0.5) is 0 Å². The molecule has 0 unspecified atom stereocenters. The van der Waals surface area contributed by atoms with Gasteiger partial charge in [-0.3, -0.25) is 0 Å². The minimum Gasteiger partial charge on any atom is -0.328 e. The van der Waals surface area contributed by atoms with Crippen molar-refractivity contribution in [2.24, 2.45) is 5.92 Å². The van der Waals surface area contributed by atoms with E-state index in [1.807, 2.05) is 0 Å². The van der Waals surface area contributed by atoms with Crippen LogP contribution in [0.3, 0.4) is 0 Å². The average molecular weight is 287 g/mol. The Kier molecular flexibility index (Phi) is 6.24. The minimum absolute atomic E-state index is 0.735. The molecule has 1 heterocycles. The quantitative estimate of drug-likeness (QED) is 0.706. The van der Waals surface area contributed by atoms with Crippen molar-refractivity contribution in [3.8, 4) is 0 Å². The molecule has 3 heteroatoms. The molecule has 2 aromatic rings. The van der Waals surface area contributed by atoms with Gasteiger partial charge in [-0.05, 0) is 50.4 Å². The average Bonchev–Trinajstić information content (AvgIpc) is 2.81. The highest BCUT2D eigenvalue weighted by atomic mass is 15.1. The fourth-order valence-corrected chi connectivity index (χ4v) is 2.71. The molecule has 21 heavy (non-hydrogen) atoms. The van der Waals surface area contributed by atoms with Crippen molar-refractivity contribution in [1.29, 1.82) is 0 Å². The summed E-state index contributed by atoms with van der Waals surface area (Å²) in [7, 11) is 0. The van der Waals surface area contributed by atoms with Gasteiger partial charge in [0.05, 0.1) is 11.0 Å². The lowest BCUT2D eigenvalue weighted by molar-refractivity contribution is 0.530. The Bertz CT molecular complexity index is 542. The number of nitrogens with one attached hydrogen (secondary N) is 1. The van der Waals surface area contributed by atoms with E-state index in [2.05, 4.69) is 54.9 Å². The van der Waals surface area contributed by atoms with Crippen LogP contribution in [0.1, 0.15) is 45.9 Å². The monoisotopic (exact) mass is 287 g/mol. The first-order valence-corrected chi connectivity index (χ1v) is 8.37. The van der Waals surface area contributed by atoms with Crippen molar-refractivity contribution in [2.75, 3.05) is 13.1 Å². The number of aryl methyl sites for hydroxylation is 2. The number of unbranched alkanes of at least 4 members (excludes halogenated alkanes) is 1. The smallest absolute Gasteiger partial charge is 0.109 e. The van der Waals surface area contributed by atoms with Crippen LogP contribution in [-0.2, 0) is 13.0 Å². The molecule has 1 aromatic carbocycles. The zero-order valence-corrected chi connectivity index (χ0v) is 13.7. The lowest BCUT2D eigenvalue weighted by Gasteiger charge is -2.09. The van der Waals surface area contributed by atoms with Gasteiger partial charge < -0.3 is 9.88 Å². The van der Waals surface area contributed by atoms with Gasteiger partial charge in [-0.15, -0.1) is 0 Å². The van der Waals surface area contributed by atoms with Gasteiger partial charge in [0, 0.05) is 13.0 Å². The van der Waals surface area contributed by atoms with Crippen LogP contribution >= 0.6 is 0 Å². The largest absolute Gasteiger partial charge is 0.328 e. The Morgan fingerprint density at radius 3 is 2.76 bits per heavy atom. The van der Waals surface area contributed by atoms with E-state index in [4.69, 9.17) is 4.98 Å². The second-order valence-electron chi connectivity index (χ2n) is 6.22. The van der Waals surface area contributed by atoms with Crippen LogP contribution in [0, 0.1) is 5.92 Å². The van der Waals surface area contributed by atoms with Crippen LogP contribution in [0.15, 0.2) is 24.3 Å². The SMILES string of the molecule is CCCn1c(CCCCNCC(C)C)nc2ccccc21. The van der Waals surface area contributed by atoms with Crippen molar-refractivity contribution < 1.29 is 0 Å². The summed E-state index contributed by atoms with van der Waals surface area (Å²) in [4.78, 5) is 4.82. The van der Waals surface area contributed by atoms with Crippen LogP contribution < -0.4 is 5.32 Å².